The van der Waals surface area contributed by atoms with Crippen molar-refractivity contribution in [1.29, 1.82) is 0 Å². The van der Waals surface area contributed by atoms with Gasteiger partial charge in [-0.3, -0.25) is 4.79 Å². The highest BCUT2D eigenvalue weighted by Gasteiger charge is 2.26. The van der Waals surface area contributed by atoms with Gasteiger partial charge in [0.05, 0.1) is 6.04 Å². The van der Waals surface area contributed by atoms with Gasteiger partial charge < -0.3 is 20.7 Å². The molecule has 1 saturated heterocycles. The van der Waals surface area contributed by atoms with Gasteiger partial charge in [-0.15, -0.1) is 24.8 Å². The van der Waals surface area contributed by atoms with Crippen molar-refractivity contribution in [3.8, 4) is 0 Å². The Bertz CT molecular complexity index is 480. The van der Waals surface area contributed by atoms with E-state index in [2.05, 4.69) is 10.2 Å². The van der Waals surface area contributed by atoms with Crippen LogP contribution < -0.4 is 11.1 Å². The molecule has 1 heterocycles. The highest BCUT2D eigenvalue weighted by Crippen LogP contribution is 2.19. The molecule has 1 fully saturated rings. The van der Waals surface area contributed by atoms with Gasteiger partial charge in [-0.25, -0.2) is 0 Å². The average molecular weight is 364 g/mol. The van der Waals surface area contributed by atoms with Crippen molar-refractivity contribution < 1.29 is 9.53 Å². The van der Waals surface area contributed by atoms with Gasteiger partial charge in [-0.05, 0) is 50.6 Å². The summed E-state index contributed by atoms with van der Waals surface area (Å²) in [6.45, 7) is 2.24. The van der Waals surface area contributed by atoms with E-state index in [0.717, 1.165) is 30.6 Å². The molecule has 7 heteroatoms. The summed E-state index contributed by atoms with van der Waals surface area (Å²) in [5.74, 6) is 0.104. The third-order valence-electron chi connectivity index (χ3n) is 3.77. The molecule has 5 nitrogen and oxygen atoms in total. The van der Waals surface area contributed by atoms with Crippen LogP contribution in [0.4, 0.5) is 5.69 Å². The van der Waals surface area contributed by atoms with E-state index in [1.54, 1.807) is 0 Å². The van der Waals surface area contributed by atoms with Gasteiger partial charge in [-0.2, -0.15) is 0 Å². The maximum absolute atomic E-state index is 12.3. The molecule has 0 aromatic heterocycles. The van der Waals surface area contributed by atoms with Crippen LogP contribution in [0.25, 0.3) is 0 Å². The molecule has 0 radical (unpaired) electrons. The second kappa shape index (κ2) is 10.8. The van der Waals surface area contributed by atoms with Crippen molar-refractivity contribution in [3.63, 3.8) is 0 Å². The van der Waals surface area contributed by atoms with Gasteiger partial charge in [0.2, 0.25) is 5.91 Å². The van der Waals surface area contributed by atoms with E-state index in [9.17, 15) is 4.79 Å². The third kappa shape index (κ3) is 7.06. The number of halogens is 2. The number of hydrogen-bond donors (Lipinski definition) is 2. The first-order valence-electron chi connectivity index (χ1n) is 7.44. The van der Waals surface area contributed by atoms with Gasteiger partial charge in [0.25, 0.3) is 0 Å². The lowest BCUT2D eigenvalue weighted by atomic mass is 9.92. The molecule has 1 atom stereocenters. The fourth-order valence-electron chi connectivity index (χ4n) is 2.63. The second-order valence-electron chi connectivity index (χ2n) is 5.90. The number of ether oxygens (including phenoxy) is 1. The van der Waals surface area contributed by atoms with Gasteiger partial charge in [0, 0.05) is 25.4 Å². The largest absolute Gasteiger partial charge is 0.381 e. The summed E-state index contributed by atoms with van der Waals surface area (Å²) in [7, 11) is 4.04. The zero-order chi connectivity index (χ0) is 15.2. The van der Waals surface area contributed by atoms with E-state index in [4.69, 9.17) is 10.5 Å². The molecule has 1 aromatic carbocycles. The Labute approximate surface area is 150 Å². The molecular weight excluding hydrogens is 337 g/mol. The van der Waals surface area contributed by atoms with Crippen LogP contribution in [0, 0.1) is 5.92 Å². The smallest absolute Gasteiger partial charge is 0.241 e. The van der Waals surface area contributed by atoms with E-state index < -0.39 is 6.04 Å². The lowest BCUT2D eigenvalue weighted by Crippen LogP contribution is -2.44. The van der Waals surface area contributed by atoms with Crippen LogP contribution >= 0.6 is 24.8 Å². The molecule has 2 rings (SSSR count). The summed E-state index contributed by atoms with van der Waals surface area (Å²) in [4.78, 5) is 14.3. The van der Waals surface area contributed by atoms with Crippen LogP contribution in [-0.4, -0.2) is 44.2 Å². The van der Waals surface area contributed by atoms with Crippen molar-refractivity contribution in [2.75, 3.05) is 32.6 Å². The molecule has 1 unspecified atom stereocenters. The predicted octanol–water partition coefficient (Wildman–Crippen LogP) is 2.28. The van der Waals surface area contributed by atoms with Gasteiger partial charge in [0.15, 0.2) is 0 Å². The maximum atomic E-state index is 12.3. The standard InChI is InChI=1S/C16H25N3O2.2ClH/c1-19(2)11-12-4-3-5-14(10-12)18-16(20)15(17)13-6-8-21-9-7-13;;/h3-5,10,13,15H,6-9,11,17H2,1-2H3,(H,18,20);2*1H. The van der Waals surface area contributed by atoms with Crippen molar-refractivity contribution >= 4 is 36.4 Å². The Kier molecular flexibility index (Phi) is 10.4. The molecule has 0 spiro atoms. The molecule has 1 aliphatic rings. The fourth-order valence-corrected chi connectivity index (χ4v) is 2.63. The van der Waals surface area contributed by atoms with E-state index in [1.165, 1.54) is 0 Å². The van der Waals surface area contributed by atoms with Crippen molar-refractivity contribution in [3.05, 3.63) is 29.8 Å². The number of nitrogens with two attached hydrogens (primary N) is 1. The summed E-state index contributed by atoms with van der Waals surface area (Å²) >= 11 is 0. The Morgan fingerprint density at radius 1 is 1.35 bits per heavy atom. The number of amides is 1. The molecule has 1 amide bonds. The van der Waals surface area contributed by atoms with Crippen LogP contribution in [0.15, 0.2) is 24.3 Å². The van der Waals surface area contributed by atoms with Crippen LogP contribution in [0.1, 0.15) is 18.4 Å². The first kappa shape index (κ1) is 22.1. The minimum Gasteiger partial charge on any atom is -0.381 e. The SMILES string of the molecule is CN(C)Cc1cccc(NC(=O)C(N)C2CCOCC2)c1.Cl.Cl. The predicted molar refractivity (Wildman–Crippen MR) is 98.5 cm³/mol. The Morgan fingerprint density at radius 3 is 2.61 bits per heavy atom. The van der Waals surface area contributed by atoms with Crippen molar-refractivity contribution in [2.45, 2.75) is 25.4 Å². The number of anilines is 1. The zero-order valence-electron chi connectivity index (χ0n) is 13.7. The van der Waals surface area contributed by atoms with Gasteiger partial charge in [-0.1, -0.05) is 12.1 Å². The van der Waals surface area contributed by atoms with Crippen LogP contribution in [0.3, 0.4) is 0 Å². The Hall–Kier alpha value is -0.850. The number of rotatable bonds is 5. The first-order chi connectivity index (χ1) is 10.1. The highest BCUT2D eigenvalue weighted by atomic mass is 35.5. The lowest BCUT2D eigenvalue weighted by molar-refractivity contribution is -0.119. The molecular formula is C16H27Cl2N3O2. The normalized spacial score (nSPS) is 16.2. The monoisotopic (exact) mass is 363 g/mol. The summed E-state index contributed by atoms with van der Waals surface area (Å²) in [6.07, 6.45) is 1.71. The number of benzene rings is 1. The highest BCUT2D eigenvalue weighted by molar-refractivity contribution is 5.94. The third-order valence-corrected chi connectivity index (χ3v) is 3.77. The minimum atomic E-state index is -0.466. The quantitative estimate of drug-likeness (QED) is 0.841. The van der Waals surface area contributed by atoms with Crippen molar-refractivity contribution in [2.24, 2.45) is 11.7 Å². The number of hydrogen-bond acceptors (Lipinski definition) is 4. The average Bonchev–Trinajstić information content (AvgIpc) is 2.47. The van der Waals surface area contributed by atoms with E-state index in [1.807, 2.05) is 38.4 Å². The molecule has 1 aliphatic heterocycles. The summed E-state index contributed by atoms with van der Waals surface area (Å²) in [5, 5.41) is 2.93. The number of nitrogens with zero attached hydrogens (tertiary/aromatic N) is 1. The van der Waals surface area contributed by atoms with Gasteiger partial charge >= 0.3 is 0 Å². The summed E-state index contributed by atoms with van der Waals surface area (Å²) in [5.41, 5.74) is 8.05. The molecule has 0 bridgehead atoms. The van der Waals surface area contributed by atoms with Crippen LogP contribution in [0.5, 0.6) is 0 Å². The lowest BCUT2D eigenvalue weighted by Gasteiger charge is -2.26. The molecule has 0 saturated carbocycles. The number of carbonyl (C=O) groups excluding carboxylic acids is 1. The molecule has 3 N–H and O–H groups in total. The minimum absolute atomic E-state index is 0. The fraction of sp³-hybridized carbons (Fsp3) is 0.562. The van der Waals surface area contributed by atoms with Crippen LogP contribution in [0.2, 0.25) is 0 Å². The van der Waals surface area contributed by atoms with Crippen molar-refractivity contribution in [1.82, 2.24) is 4.90 Å². The summed E-state index contributed by atoms with van der Waals surface area (Å²) < 4.78 is 5.31. The number of carbonyl (C=O) groups is 1. The number of nitrogens with one attached hydrogen (secondary N) is 1. The topological polar surface area (TPSA) is 67.6 Å². The molecule has 0 aliphatic carbocycles. The van der Waals surface area contributed by atoms with E-state index in [-0.39, 0.29) is 36.6 Å². The zero-order valence-corrected chi connectivity index (χ0v) is 15.3. The van der Waals surface area contributed by atoms with Gasteiger partial charge in [0.1, 0.15) is 0 Å². The van der Waals surface area contributed by atoms with E-state index >= 15 is 0 Å². The molecule has 1 aromatic rings. The first-order valence-corrected chi connectivity index (χ1v) is 7.44. The maximum Gasteiger partial charge on any atom is 0.241 e. The second-order valence-corrected chi connectivity index (χ2v) is 5.90. The Morgan fingerprint density at radius 2 is 2.00 bits per heavy atom. The van der Waals surface area contributed by atoms with Crippen LogP contribution in [-0.2, 0) is 16.1 Å². The van der Waals surface area contributed by atoms with E-state index in [0.29, 0.717) is 13.2 Å². The molecule has 132 valence electrons. The summed E-state index contributed by atoms with van der Waals surface area (Å²) in [6, 6.07) is 7.43. The molecule has 23 heavy (non-hydrogen) atoms. The Balaban J connectivity index is 0.00000242.